The predicted molar refractivity (Wildman–Crippen MR) is 75.7 cm³/mol. The molecule has 6 heteroatoms. The number of hydrogen-bond donors (Lipinski definition) is 2. The van der Waals surface area contributed by atoms with Crippen LogP contribution in [0, 0.1) is 5.82 Å². The number of guanidine groups is 1. The number of rotatable bonds is 4. The maximum Gasteiger partial charge on any atom is 0.185 e. The molecule has 0 amide bonds. The summed E-state index contributed by atoms with van der Waals surface area (Å²) in [7, 11) is 0. The minimum atomic E-state index is -0.195. The average molecular weight is 265 g/mol. The van der Waals surface area contributed by atoms with Gasteiger partial charge in [-0.15, -0.1) is 0 Å². The van der Waals surface area contributed by atoms with Crippen LogP contribution in [0.4, 0.5) is 10.1 Å². The monoisotopic (exact) mass is 265 g/mol. The Labute approximate surface area is 112 Å². The Morgan fingerprint density at radius 3 is 2.32 bits per heavy atom. The summed E-state index contributed by atoms with van der Waals surface area (Å²) in [4.78, 5) is 8.57. The highest BCUT2D eigenvalue weighted by atomic mass is 19.1. The summed E-state index contributed by atoms with van der Waals surface area (Å²) in [6, 6.07) is 6.65. The highest BCUT2D eigenvalue weighted by Crippen LogP contribution is 2.16. The average Bonchev–Trinajstić information content (AvgIpc) is 2.40. The lowest BCUT2D eigenvalue weighted by atomic mass is 10.2. The van der Waals surface area contributed by atoms with Crippen molar-refractivity contribution in [3.05, 3.63) is 30.1 Å². The standard InChI is InChI=1S/C13H20FN5/c14-11-1-3-12(4-2-11)19-9-7-18(8-10-19)6-5-17-13(15)16/h1-4H,5-10H2,(H4,15,16,17). The molecule has 0 atom stereocenters. The van der Waals surface area contributed by atoms with E-state index in [2.05, 4.69) is 14.8 Å². The molecule has 104 valence electrons. The predicted octanol–water partition coefficient (Wildman–Crippen LogP) is 0.221. The number of piperazine rings is 1. The van der Waals surface area contributed by atoms with E-state index in [1.807, 2.05) is 12.1 Å². The van der Waals surface area contributed by atoms with Crippen LogP contribution in [-0.2, 0) is 0 Å². The first kappa shape index (κ1) is 13.6. The summed E-state index contributed by atoms with van der Waals surface area (Å²) in [5.41, 5.74) is 11.7. The molecule has 19 heavy (non-hydrogen) atoms. The fourth-order valence-electron chi connectivity index (χ4n) is 2.20. The van der Waals surface area contributed by atoms with Gasteiger partial charge in [-0.3, -0.25) is 9.89 Å². The van der Waals surface area contributed by atoms with Crippen molar-refractivity contribution in [1.82, 2.24) is 4.90 Å². The Balaban J connectivity index is 1.79. The second kappa shape index (κ2) is 6.38. The largest absolute Gasteiger partial charge is 0.370 e. The van der Waals surface area contributed by atoms with Gasteiger partial charge in [0.1, 0.15) is 5.82 Å². The van der Waals surface area contributed by atoms with E-state index in [-0.39, 0.29) is 11.8 Å². The van der Waals surface area contributed by atoms with Crippen LogP contribution in [0.25, 0.3) is 0 Å². The number of nitrogens with two attached hydrogens (primary N) is 2. The number of aliphatic imine (C=N–C) groups is 1. The number of benzene rings is 1. The van der Waals surface area contributed by atoms with E-state index in [1.54, 1.807) is 0 Å². The zero-order chi connectivity index (χ0) is 13.7. The molecule has 0 aliphatic carbocycles. The fourth-order valence-corrected chi connectivity index (χ4v) is 2.20. The van der Waals surface area contributed by atoms with Gasteiger partial charge in [0.2, 0.25) is 0 Å². The molecule has 5 nitrogen and oxygen atoms in total. The van der Waals surface area contributed by atoms with Gasteiger partial charge >= 0.3 is 0 Å². The SMILES string of the molecule is NC(N)=NCCN1CCN(c2ccc(F)cc2)CC1. The number of hydrogen-bond acceptors (Lipinski definition) is 3. The molecule has 2 rings (SSSR count). The van der Waals surface area contributed by atoms with E-state index >= 15 is 0 Å². The van der Waals surface area contributed by atoms with E-state index in [0.717, 1.165) is 38.4 Å². The van der Waals surface area contributed by atoms with Crippen molar-refractivity contribution in [3.63, 3.8) is 0 Å². The molecular weight excluding hydrogens is 245 g/mol. The van der Waals surface area contributed by atoms with Gasteiger partial charge in [-0.25, -0.2) is 4.39 Å². The van der Waals surface area contributed by atoms with E-state index < -0.39 is 0 Å². The Kier molecular flexibility index (Phi) is 4.57. The van der Waals surface area contributed by atoms with Gasteiger partial charge in [0.05, 0.1) is 6.54 Å². The first-order chi connectivity index (χ1) is 9.15. The van der Waals surface area contributed by atoms with Gasteiger partial charge in [0.25, 0.3) is 0 Å². The smallest absolute Gasteiger partial charge is 0.185 e. The third-order valence-corrected chi connectivity index (χ3v) is 3.27. The van der Waals surface area contributed by atoms with E-state index in [0.29, 0.717) is 6.54 Å². The van der Waals surface area contributed by atoms with Gasteiger partial charge < -0.3 is 16.4 Å². The molecule has 0 unspecified atom stereocenters. The van der Waals surface area contributed by atoms with Crippen molar-refractivity contribution >= 4 is 11.6 Å². The van der Waals surface area contributed by atoms with Crippen molar-refractivity contribution in [2.45, 2.75) is 0 Å². The summed E-state index contributed by atoms with van der Waals surface area (Å²) < 4.78 is 12.9. The van der Waals surface area contributed by atoms with Crippen LogP contribution >= 0.6 is 0 Å². The quantitative estimate of drug-likeness (QED) is 0.603. The molecule has 0 bridgehead atoms. The van der Waals surface area contributed by atoms with Crippen molar-refractivity contribution in [3.8, 4) is 0 Å². The van der Waals surface area contributed by atoms with E-state index in [9.17, 15) is 4.39 Å². The number of halogens is 1. The summed E-state index contributed by atoms with van der Waals surface area (Å²) in [6.07, 6.45) is 0. The number of anilines is 1. The number of nitrogens with zero attached hydrogens (tertiary/aromatic N) is 3. The van der Waals surface area contributed by atoms with Crippen LogP contribution in [-0.4, -0.2) is 50.1 Å². The molecule has 1 fully saturated rings. The van der Waals surface area contributed by atoms with Crippen molar-refractivity contribution < 1.29 is 4.39 Å². The minimum absolute atomic E-state index is 0.143. The van der Waals surface area contributed by atoms with Crippen LogP contribution in [0.15, 0.2) is 29.3 Å². The lowest BCUT2D eigenvalue weighted by Crippen LogP contribution is -2.47. The second-order valence-electron chi connectivity index (χ2n) is 4.61. The summed E-state index contributed by atoms with van der Waals surface area (Å²) in [5.74, 6) is -0.0513. The Bertz CT molecular complexity index is 419. The highest BCUT2D eigenvalue weighted by molar-refractivity contribution is 5.75. The fraction of sp³-hybridized carbons (Fsp3) is 0.462. The topological polar surface area (TPSA) is 70.9 Å². The molecular formula is C13H20FN5. The van der Waals surface area contributed by atoms with Crippen LogP contribution in [0.5, 0.6) is 0 Å². The molecule has 0 aromatic heterocycles. The zero-order valence-electron chi connectivity index (χ0n) is 10.9. The summed E-state index contributed by atoms with van der Waals surface area (Å²) in [6.45, 7) is 5.32. The molecule has 0 saturated carbocycles. The molecule has 1 aliphatic rings. The lowest BCUT2D eigenvalue weighted by Gasteiger charge is -2.35. The summed E-state index contributed by atoms with van der Waals surface area (Å²) >= 11 is 0. The van der Waals surface area contributed by atoms with E-state index in [1.165, 1.54) is 12.1 Å². The maximum absolute atomic E-state index is 12.9. The Hall–Kier alpha value is -1.82. The molecule has 1 aromatic carbocycles. The van der Waals surface area contributed by atoms with Gasteiger partial charge in [0, 0.05) is 38.4 Å². The van der Waals surface area contributed by atoms with Gasteiger partial charge in [-0.1, -0.05) is 0 Å². The zero-order valence-corrected chi connectivity index (χ0v) is 10.9. The third-order valence-electron chi connectivity index (χ3n) is 3.27. The molecule has 0 spiro atoms. The second-order valence-corrected chi connectivity index (χ2v) is 4.61. The van der Waals surface area contributed by atoms with Crippen molar-refractivity contribution in [1.29, 1.82) is 0 Å². The lowest BCUT2D eigenvalue weighted by molar-refractivity contribution is 0.265. The molecule has 0 radical (unpaired) electrons. The van der Waals surface area contributed by atoms with Crippen LogP contribution in [0.3, 0.4) is 0 Å². The summed E-state index contributed by atoms with van der Waals surface area (Å²) in [5, 5.41) is 0. The highest BCUT2D eigenvalue weighted by Gasteiger charge is 2.16. The maximum atomic E-state index is 12.9. The van der Waals surface area contributed by atoms with Gasteiger partial charge in [0.15, 0.2) is 5.96 Å². The molecule has 1 aliphatic heterocycles. The van der Waals surface area contributed by atoms with Crippen LogP contribution in [0.2, 0.25) is 0 Å². The van der Waals surface area contributed by atoms with Crippen LogP contribution in [0.1, 0.15) is 0 Å². The Morgan fingerprint density at radius 2 is 1.74 bits per heavy atom. The Morgan fingerprint density at radius 1 is 1.11 bits per heavy atom. The van der Waals surface area contributed by atoms with Crippen molar-refractivity contribution in [2.75, 3.05) is 44.2 Å². The molecule has 4 N–H and O–H groups in total. The molecule has 1 saturated heterocycles. The van der Waals surface area contributed by atoms with Gasteiger partial charge in [-0.2, -0.15) is 0 Å². The first-order valence-electron chi connectivity index (χ1n) is 6.43. The van der Waals surface area contributed by atoms with Crippen LogP contribution < -0.4 is 16.4 Å². The third kappa shape index (κ3) is 4.10. The minimum Gasteiger partial charge on any atom is -0.370 e. The van der Waals surface area contributed by atoms with Gasteiger partial charge in [-0.05, 0) is 24.3 Å². The molecule has 1 heterocycles. The van der Waals surface area contributed by atoms with E-state index in [4.69, 9.17) is 11.5 Å². The normalized spacial score (nSPS) is 16.4. The first-order valence-corrected chi connectivity index (χ1v) is 6.43. The van der Waals surface area contributed by atoms with Crippen molar-refractivity contribution in [2.24, 2.45) is 16.5 Å². The molecule has 1 aromatic rings.